The number of carbonyl (C=O) groups is 3. The highest BCUT2D eigenvalue weighted by atomic mass is 16.5. The topological polar surface area (TPSA) is 72.5 Å². The van der Waals surface area contributed by atoms with Crippen LogP contribution in [0.4, 0.5) is 4.79 Å². The Morgan fingerprint density at radius 3 is 2.17 bits per heavy atom. The Morgan fingerprint density at radius 2 is 1.62 bits per heavy atom. The highest BCUT2D eigenvalue weighted by Crippen LogP contribution is 2.44. The second-order valence-electron chi connectivity index (χ2n) is 5.61. The molecule has 0 aromatic heterocycles. The molecule has 0 bridgehead atoms. The maximum atomic E-state index is 11.9. The summed E-state index contributed by atoms with van der Waals surface area (Å²) >= 11 is 0. The van der Waals surface area contributed by atoms with Crippen LogP contribution < -0.4 is 5.32 Å². The molecule has 2 aromatic carbocycles. The maximum absolute atomic E-state index is 11.9. The van der Waals surface area contributed by atoms with Gasteiger partial charge in [-0.25, -0.2) is 4.79 Å². The van der Waals surface area contributed by atoms with Crippen LogP contribution in [0.3, 0.4) is 0 Å². The van der Waals surface area contributed by atoms with E-state index in [0.717, 1.165) is 22.3 Å². The Morgan fingerprint density at radius 1 is 1.04 bits per heavy atom. The molecule has 0 saturated carbocycles. The standard InChI is InChI=1S/C19H17NO4/c21-10-9-13(11-22)20-19(23)24-12-18-16-7-3-1-5-14(16)15-6-2-4-8-17(15)18/h1-8,10-11,13,18H,9,12H2,(H,20,23). The van der Waals surface area contributed by atoms with E-state index in [1.807, 2.05) is 36.4 Å². The summed E-state index contributed by atoms with van der Waals surface area (Å²) in [5.41, 5.74) is 4.53. The summed E-state index contributed by atoms with van der Waals surface area (Å²) < 4.78 is 5.29. The lowest BCUT2D eigenvalue weighted by Gasteiger charge is -2.15. The summed E-state index contributed by atoms with van der Waals surface area (Å²) in [6.45, 7) is 0.173. The molecule has 1 aliphatic rings. The molecule has 5 nitrogen and oxygen atoms in total. The van der Waals surface area contributed by atoms with Gasteiger partial charge in [0.2, 0.25) is 0 Å². The summed E-state index contributed by atoms with van der Waals surface area (Å²) in [6, 6.07) is 15.2. The molecule has 2 aromatic rings. The van der Waals surface area contributed by atoms with Crippen molar-refractivity contribution in [2.24, 2.45) is 0 Å². The third kappa shape index (κ3) is 3.06. The van der Waals surface area contributed by atoms with Crippen molar-refractivity contribution in [3.63, 3.8) is 0 Å². The number of aldehydes is 2. The van der Waals surface area contributed by atoms with E-state index >= 15 is 0 Å². The van der Waals surface area contributed by atoms with Gasteiger partial charge in [0.25, 0.3) is 0 Å². The van der Waals surface area contributed by atoms with E-state index < -0.39 is 12.1 Å². The molecule has 0 heterocycles. The Labute approximate surface area is 139 Å². The molecule has 0 saturated heterocycles. The van der Waals surface area contributed by atoms with Gasteiger partial charge in [-0.1, -0.05) is 48.5 Å². The summed E-state index contributed by atoms with van der Waals surface area (Å²) in [5.74, 6) is -0.0381. The van der Waals surface area contributed by atoms with E-state index in [0.29, 0.717) is 12.6 Å². The molecule has 0 radical (unpaired) electrons. The quantitative estimate of drug-likeness (QED) is 0.830. The summed E-state index contributed by atoms with van der Waals surface area (Å²) in [5, 5.41) is 2.38. The fourth-order valence-electron chi connectivity index (χ4n) is 3.04. The summed E-state index contributed by atoms with van der Waals surface area (Å²) in [6.07, 6.45) is 0.350. The van der Waals surface area contributed by atoms with Gasteiger partial charge in [-0.3, -0.25) is 0 Å². The smallest absolute Gasteiger partial charge is 0.407 e. The van der Waals surface area contributed by atoms with Crippen molar-refractivity contribution < 1.29 is 19.1 Å². The minimum Gasteiger partial charge on any atom is -0.449 e. The number of nitrogens with one attached hydrogen (secondary N) is 1. The molecule has 0 spiro atoms. The zero-order valence-corrected chi connectivity index (χ0v) is 13.0. The van der Waals surface area contributed by atoms with Gasteiger partial charge in [-0.15, -0.1) is 0 Å². The van der Waals surface area contributed by atoms with Crippen LogP contribution in [-0.2, 0) is 14.3 Å². The van der Waals surface area contributed by atoms with Crippen LogP contribution in [0, 0.1) is 0 Å². The molecule has 1 aliphatic carbocycles. The predicted molar refractivity (Wildman–Crippen MR) is 88.7 cm³/mol. The van der Waals surface area contributed by atoms with E-state index in [1.54, 1.807) is 0 Å². The van der Waals surface area contributed by atoms with Gasteiger partial charge >= 0.3 is 6.09 Å². The molecule has 0 fully saturated rings. The number of benzene rings is 2. The molecule has 1 amide bonds. The molecule has 3 rings (SSSR count). The predicted octanol–water partition coefficient (Wildman–Crippen LogP) is 2.68. The first-order valence-corrected chi connectivity index (χ1v) is 7.75. The van der Waals surface area contributed by atoms with Crippen LogP contribution in [0.1, 0.15) is 23.5 Å². The van der Waals surface area contributed by atoms with Crippen LogP contribution in [0.25, 0.3) is 11.1 Å². The SMILES string of the molecule is O=CCC(C=O)NC(=O)OCC1c2ccccc2-c2ccccc21. The molecule has 1 unspecified atom stereocenters. The van der Waals surface area contributed by atoms with Crippen molar-refractivity contribution in [1.82, 2.24) is 5.32 Å². The first kappa shape index (κ1) is 15.9. The molecular weight excluding hydrogens is 306 g/mol. The van der Waals surface area contributed by atoms with Crippen LogP contribution in [0.2, 0.25) is 0 Å². The van der Waals surface area contributed by atoms with Gasteiger partial charge in [-0.2, -0.15) is 0 Å². The van der Waals surface area contributed by atoms with Crippen molar-refractivity contribution >= 4 is 18.7 Å². The highest BCUT2D eigenvalue weighted by Gasteiger charge is 2.29. The average molecular weight is 323 g/mol. The number of carbonyl (C=O) groups excluding carboxylic acids is 3. The lowest BCUT2D eigenvalue weighted by atomic mass is 9.98. The van der Waals surface area contributed by atoms with Crippen LogP contribution in [0.15, 0.2) is 48.5 Å². The second-order valence-corrected chi connectivity index (χ2v) is 5.61. The molecule has 122 valence electrons. The van der Waals surface area contributed by atoms with Crippen molar-refractivity contribution in [1.29, 1.82) is 0 Å². The lowest BCUT2D eigenvalue weighted by molar-refractivity contribution is -0.113. The number of fused-ring (bicyclic) bond motifs is 3. The van der Waals surface area contributed by atoms with Crippen LogP contribution in [0.5, 0.6) is 0 Å². The van der Waals surface area contributed by atoms with Gasteiger partial charge < -0.3 is 19.6 Å². The number of rotatable bonds is 6. The van der Waals surface area contributed by atoms with E-state index in [2.05, 4.69) is 17.4 Å². The van der Waals surface area contributed by atoms with Crippen LogP contribution in [-0.4, -0.2) is 31.3 Å². The fourth-order valence-corrected chi connectivity index (χ4v) is 3.04. The fraction of sp³-hybridized carbons (Fsp3) is 0.211. The van der Waals surface area contributed by atoms with Gasteiger partial charge in [0, 0.05) is 12.3 Å². The van der Waals surface area contributed by atoms with Gasteiger partial charge in [0.1, 0.15) is 19.2 Å². The van der Waals surface area contributed by atoms with Crippen molar-refractivity contribution in [3.8, 4) is 11.1 Å². The first-order valence-electron chi connectivity index (χ1n) is 7.75. The molecule has 0 aliphatic heterocycles. The zero-order chi connectivity index (χ0) is 16.9. The minimum atomic E-state index is -0.849. The number of amides is 1. The molecule has 1 N–H and O–H groups in total. The molecule has 1 atom stereocenters. The Kier molecular flexibility index (Phi) is 4.70. The first-order chi connectivity index (χ1) is 11.7. The Balaban J connectivity index is 1.73. The number of hydrogen-bond donors (Lipinski definition) is 1. The molecular formula is C19H17NO4. The van der Waals surface area contributed by atoms with E-state index in [9.17, 15) is 14.4 Å². The number of ether oxygens (including phenoxy) is 1. The minimum absolute atomic E-state index is 0.0381. The van der Waals surface area contributed by atoms with E-state index in [1.165, 1.54) is 0 Å². The van der Waals surface area contributed by atoms with Gasteiger partial charge in [0.15, 0.2) is 0 Å². The second kappa shape index (κ2) is 7.08. The maximum Gasteiger partial charge on any atom is 0.407 e. The monoisotopic (exact) mass is 323 g/mol. The highest BCUT2D eigenvalue weighted by molar-refractivity contribution is 5.79. The van der Waals surface area contributed by atoms with Crippen molar-refractivity contribution in [2.45, 2.75) is 18.4 Å². The number of hydrogen-bond acceptors (Lipinski definition) is 4. The molecule has 24 heavy (non-hydrogen) atoms. The van der Waals surface area contributed by atoms with Crippen molar-refractivity contribution in [3.05, 3.63) is 59.7 Å². The zero-order valence-electron chi connectivity index (χ0n) is 13.0. The normalized spacial score (nSPS) is 13.5. The van der Waals surface area contributed by atoms with E-state index in [4.69, 9.17) is 4.74 Å². The van der Waals surface area contributed by atoms with Crippen LogP contribution >= 0.6 is 0 Å². The largest absolute Gasteiger partial charge is 0.449 e. The molecule has 5 heteroatoms. The lowest BCUT2D eigenvalue weighted by Crippen LogP contribution is -2.37. The van der Waals surface area contributed by atoms with Gasteiger partial charge in [-0.05, 0) is 22.3 Å². The third-order valence-electron chi connectivity index (χ3n) is 4.16. The number of alkyl carbamates (subject to hydrolysis) is 1. The summed E-state index contributed by atoms with van der Waals surface area (Å²) in [4.78, 5) is 33.1. The van der Waals surface area contributed by atoms with Crippen molar-refractivity contribution in [2.75, 3.05) is 6.61 Å². The van der Waals surface area contributed by atoms with Gasteiger partial charge in [0.05, 0.1) is 6.04 Å². The summed E-state index contributed by atoms with van der Waals surface area (Å²) in [7, 11) is 0. The van der Waals surface area contributed by atoms with E-state index in [-0.39, 0.29) is 18.9 Å². The average Bonchev–Trinajstić information content (AvgIpc) is 2.93. The Hall–Kier alpha value is -2.95. The Bertz CT molecular complexity index is 726. The third-order valence-corrected chi connectivity index (χ3v) is 4.16.